The fraction of sp³-hybridized carbons (Fsp3) is 0.278. The average Bonchev–Trinajstić information content (AvgIpc) is 3.28. The van der Waals surface area contributed by atoms with Crippen LogP contribution in [0.1, 0.15) is 36.0 Å². The molecule has 27 heavy (non-hydrogen) atoms. The fourth-order valence-electron chi connectivity index (χ4n) is 2.70. The highest BCUT2D eigenvalue weighted by atomic mass is 19.3. The maximum Gasteiger partial charge on any atom is 0.326 e. The number of benzene rings is 1. The van der Waals surface area contributed by atoms with Gasteiger partial charge in [-0.15, -0.1) is 0 Å². The van der Waals surface area contributed by atoms with Crippen LogP contribution in [0.3, 0.4) is 0 Å². The zero-order chi connectivity index (χ0) is 19.6. The molecular formula is C18H17F2N3O4. The average molecular weight is 377 g/mol. The maximum absolute atomic E-state index is 13.5. The van der Waals surface area contributed by atoms with E-state index in [1.54, 1.807) is 24.3 Å². The van der Waals surface area contributed by atoms with Crippen molar-refractivity contribution in [2.45, 2.75) is 19.6 Å². The van der Waals surface area contributed by atoms with Crippen LogP contribution >= 0.6 is 0 Å². The van der Waals surface area contributed by atoms with Crippen LogP contribution < -0.4 is 0 Å². The second-order valence-corrected chi connectivity index (χ2v) is 5.88. The van der Waals surface area contributed by atoms with Gasteiger partial charge in [-0.25, -0.2) is 4.98 Å². The first-order chi connectivity index (χ1) is 12.9. The third-order valence-electron chi connectivity index (χ3n) is 3.94. The number of alkyl halides is 2. The zero-order valence-corrected chi connectivity index (χ0v) is 14.6. The van der Waals surface area contributed by atoms with Crippen molar-refractivity contribution in [3.8, 4) is 0 Å². The number of imidazole rings is 1. The monoisotopic (exact) mass is 377 g/mol. The molecule has 1 atom stereocenters. The number of carbonyl (C=O) groups is 2. The second kappa shape index (κ2) is 7.56. The van der Waals surface area contributed by atoms with Crippen LogP contribution in [0.5, 0.6) is 0 Å². The highest BCUT2D eigenvalue weighted by Gasteiger charge is 2.25. The van der Waals surface area contributed by atoms with Gasteiger partial charge in [-0.1, -0.05) is 12.1 Å². The molecule has 0 radical (unpaired) electrons. The molecule has 3 aromatic rings. The minimum atomic E-state index is -2.84. The summed E-state index contributed by atoms with van der Waals surface area (Å²) in [6.07, 6.45) is 0.321. The third kappa shape index (κ3) is 3.81. The van der Waals surface area contributed by atoms with Crippen molar-refractivity contribution < 1.29 is 27.5 Å². The second-order valence-electron chi connectivity index (χ2n) is 5.88. The van der Waals surface area contributed by atoms with Crippen LogP contribution in [0, 0.1) is 0 Å². The summed E-state index contributed by atoms with van der Waals surface area (Å²) in [5.41, 5.74) is 0.622. The van der Waals surface area contributed by atoms with Gasteiger partial charge in [0.25, 0.3) is 5.91 Å². The van der Waals surface area contributed by atoms with Crippen molar-refractivity contribution in [3.05, 3.63) is 54.2 Å². The number of furan rings is 1. The van der Waals surface area contributed by atoms with Crippen LogP contribution in [-0.2, 0) is 9.53 Å². The van der Waals surface area contributed by atoms with Crippen LogP contribution in [0.4, 0.5) is 8.78 Å². The summed E-state index contributed by atoms with van der Waals surface area (Å²) in [5, 5.41) is 0. The molecule has 7 nitrogen and oxygen atoms in total. The van der Waals surface area contributed by atoms with Crippen LogP contribution in [0.25, 0.3) is 11.0 Å². The molecule has 0 aliphatic rings. The molecule has 1 unspecified atom stereocenters. The van der Waals surface area contributed by atoms with E-state index in [1.165, 1.54) is 32.4 Å². The Hall–Kier alpha value is -3.23. The van der Waals surface area contributed by atoms with Crippen molar-refractivity contribution in [1.29, 1.82) is 0 Å². The van der Waals surface area contributed by atoms with E-state index in [0.717, 1.165) is 9.47 Å². The van der Waals surface area contributed by atoms with Gasteiger partial charge in [0, 0.05) is 7.05 Å². The molecule has 0 aliphatic heterocycles. The molecule has 1 aromatic carbocycles. The van der Waals surface area contributed by atoms with Gasteiger partial charge >= 0.3 is 12.5 Å². The number of carbonyl (C=O) groups excluding carboxylic acids is 2. The molecule has 142 valence electrons. The van der Waals surface area contributed by atoms with Gasteiger partial charge in [-0.3, -0.25) is 14.2 Å². The molecule has 9 heteroatoms. The Morgan fingerprint density at radius 2 is 2.00 bits per heavy atom. The summed E-state index contributed by atoms with van der Waals surface area (Å²) in [6, 6.07) is 9.44. The van der Waals surface area contributed by atoms with E-state index in [2.05, 4.69) is 4.98 Å². The lowest BCUT2D eigenvalue weighted by Crippen LogP contribution is -2.33. The lowest BCUT2D eigenvalue weighted by Gasteiger charge is -2.18. The number of ether oxygens (including phenoxy) is 1. The Kier molecular flexibility index (Phi) is 5.20. The van der Waals surface area contributed by atoms with E-state index in [9.17, 15) is 18.4 Å². The van der Waals surface area contributed by atoms with Crippen LogP contribution in [-0.4, -0.2) is 39.9 Å². The molecule has 1 amide bonds. The maximum atomic E-state index is 13.5. The first-order valence-corrected chi connectivity index (χ1v) is 8.12. The number of hydrogen-bond donors (Lipinski definition) is 0. The smallest absolute Gasteiger partial charge is 0.326 e. The number of fused-ring (bicyclic) bond motifs is 1. The van der Waals surface area contributed by atoms with Gasteiger partial charge in [0.2, 0.25) is 0 Å². The Balaban J connectivity index is 1.72. The molecule has 2 heterocycles. The quantitative estimate of drug-likeness (QED) is 0.616. The van der Waals surface area contributed by atoms with E-state index >= 15 is 0 Å². The summed E-state index contributed by atoms with van der Waals surface area (Å²) in [7, 11) is 1.41. The van der Waals surface area contributed by atoms with Gasteiger partial charge in [0.15, 0.2) is 17.7 Å². The first kappa shape index (κ1) is 18.6. The summed E-state index contributed by atoms with van der Waals surface area (Å²) >= 11 is 0. The topological polar surface area (TPSA) is 77.6 Å². The van der Waals surface area contributed by atoms with E-state index in [4.69, 9.17) is 9.15 Å². The normalized spacial score (nSPS) is 12.3. The molecule has 0 saturated carbocycles. The number of para-hydroxylation sites is 2. The van der Waals surface area contributed by atoms with E-state index in [-0.39, 0.29) is 23.6 Å². The number of nitrogens with zero attached hydrogens (tertiary/aromatic N) is 3. The summed E-state index contributed by atoms with van der Waals surface area (Å²) in [4.78, 5) is 29.5. The van der Waals surface area contributed by atoms with Crippen molar-refractivity contribution >= 4 is 22.9 Å². The minimum Gasteiger partial charge on any atom is -0.459 e. The SMILES string of the molecule is CC(OC(=O)CN(C)C(=O)c1ccco1)c1nc2ccccc2n1C(F)F. The van der Waals surface area contributed by atoms with Crippen molar-refractivity contribution in [1.82, 2.24) is 14.5 Å². The molecule has 0 bridgehead atoms. The lowest BCUT2D eigenvalue weighted by molar-refractivity contribution is -0.149. The summed E-state index contributed by atoms with van der Waals surface area (Å²) in [6.45, 7) is -1.75. The molecular weight excluding hydrogens is 360 g/mol. The molecule has 0 spiro atoms. The number of esters is 1. The molecule has 0 saturated heterocycles. The Bertz CT molecular complexity index is 953. The number of likely N-dealkylation sites (N-methyl/N-ethyl adjacent to an activating group) is 1. The number of halogens is 2. The van der Waals surface area contributed by atoms with Crippen LogP contribution in [0.2, 0.25) is 0 Å². The van der Waals surface area contributed by atoms with Gasteiger partial charge < -0.3 is 14.1 Å². The lowest BCUT2D eigenvalue weighted by atomic mass is 10.3. The molecule has 0 aliphatic carbocycles. The van der Waals surface area contributed by atoms with Crippen molar-refractivity contribution in [3.63, 3.8) is 0 Å². The molecule has 3 rings (SSSR count). The van der Waals surface area contributed by atoms with E-state index in [1.807, 2.05) is 0 Å². The van der Waals surface area contributed by atoms with E-state index < -0.39 is 24.5 Å². The summed E-state index contributed by atoms with van der Waals surface area (Å²) in [5.74, 6) is -1.24. The highest BCUT2D eigenvalue weighted by molar-refractivity contribution is 5.93. The Morgan fingerprint density at radius 3 is 2.67 bits per heavy atom. The number of rotatable bonds is 6. The fourth-order valence-corrected chi connectivity index (χ4v) is 2.70. The van der Waals surface area contributed by atoms with Crippen molar-refractivity contribution in [2.75, 3.05) is 13.6 Å². The number of aromatic nitrogens is 2. The van der Waals surface area contributed by atoms with Gasteiger partial charge in [0.1, 0.15) is 6.54 Å². The van der Waals surface area contributed by atoms with Gasteiger partial charge in [0.05, 0.1) is 17.3 Å². The first-order valence-electron chi connectivity index (χ1n) is 8.12. The van der Waals surface area contributed by atoms with Gasteiger partial charge in [-0.05, 0) is 31.2 Å². The predicted octanol–water partition coefficient (Wildman–Crippen LogP) is 3.40. The molecule has 0 N–H and O–H groups in total. The zero-order valence-electron chi connectivity index (χ0n) is 14.6. The highest BCUT2D eigenvalue weighted by Crippen LogP contribution is 2.28. The third-order valence-corrected chi connectivity index (χ3v) is 3.94. The molecule has 0 fully saturated rings. The number of hydrogen-bond acceptors (Lipinski definition) is 5. The minimum absolute atomic E-state index is 0.0698. The largest absolute Gasteiger partial charge is 0.459 e. The van der Waals surface area contributed by atoms with Crippen LogP contribution in [0.15, 0.2) is 47.1 Å². The standard InChI is InChI=1S/C18H17F2N3O4/c1-11(16-21-12-6-3-4-7-13(12)23(16)18(19)20)27-15(24)10-22(2)17(25)14-8-5-9-26-14/h3-9,11,18H,10H2,1-2H3. The van der Waals surface area contributed by atoms with Crippen molar-refractivity contribution in [2.24, 2.45) is 0 Å². The molecule has 2 aromatic heterocycles. The van der Waals surface area contributed by atoms with Gasteiger partial charge in [-0.2, -0.15) is 8.78 Å². The number of amides is 1. The summed E-state index contributed by atoms with van der Waals surface area (Å²) < 4.78 is 37.9. The predicted molar refractivity (Wildman–Crippen MR) is 91.2 cm³/mol. The Labute approximate surface area is 153 Å². The Morgan fingerprint density at radius 1 is 1.26 bits per heavy atom. The van der Waals surface area contributed by atoms with E-state index in [0.29, 0.717) is 5.52 Å².